The van der Waals surface area contributed by atoms with Crippen molar-refractivity contribution >= 4 is 16.8 Å². The molecule has 1 saturated carbocycles. The van der Waals surface area contributed by atoms with Crippen LogP contribution in [0.5, 0.6) is 11.5 Å². The van der Waals surface area contributed by atoms with Gasteiger partial charge in [0.1, 0.15) is 17.7 Å². The Morgan fingerprint density at radius 3 is 2.50 bits per heavy atom. The zero-order chi connectivity index (χ0) is 25.4. The molecule has 0 aliphatic heterocycles. The molecule has 1 amide bonds. The summed E-state index contributed by atoms with van der Waals surface area (Å²) >= 11 is 0. The van der Waals surface area contributed by atoms with Crippen LogP contribution in [0.25, 0.3) is 16.6 Å². The number of methoxy groups -OCH3 is 1. The van der Waals surface area contributed by atoms with Crippen molar-refractivity contribution < 1.29 is 23.0 Å². The van der Waals surface area contributed by atoms with E-state index in [0.29, 0.717) is 11.3 Å². The number of fused-ring (bicyclic) bond motifs is 1. The lowest BCUT2D eigenvalue weighted by Crippen LogP contribution is -2.42. The number of carbonyl (C=O) groups is 1. The minimum absolute atomic E-state index is 0.0337. The Bertz CT molecular complexity index is 1410. The van der Waals surface area contributed by atoms with Crippen molar-refractivity contribution in [1.29, 1.82) is 0 Å². The van der Waals surface area contributed by atoms with Crippen molar-refractivity contribution in [2.45, 2.75) is 38.8 Å². The van der Waals surface area contributed by atoms with E-state index in [1.165, 1.54) is 25.3 Å². The van der Waals surface area contributed by atoms with Crippen molar-refractivity contribution in [1.82, 2.24) is 15.1 Å². The fourth-order valence-electron chi connectivity index (χ4n) is 4.21. The van der Waals surface area contributed by atoms with Gasteiger partial charge in [-0.3, -0.25) is 4.79 Å². The first-order valence-corrected chi connectivity index (χ1v) is 11.8. The molecule has 186 valence electrons. The normalized spacial score (nSPS) is 15.8. The molecule has 1 heterocycles. The maximum atomic E-state index is 14.6. The number of benzene rings is 3. The molecular formula is C28H27F2N3O3. The summed E-state index contributed by atoms with van der Waals surface area (Å²) in [5.41, 5.74) is 1.78. The summed E-state index contributed by atoms with van der Waals surface area (Å²) in [6, 6.07) is 15.8. The van der Waals surface area contributed by atoms with Crippen molar-refractivity contribution in [2.75, 3.05) is 7.11 Å². The summed E-state index contributed by atoms with van der Waals surface area (Å²) in [6.07, 6.45) is 2.75. The molecule has 0 saturated heterocycles. The monoisotopic (exact) mass is 491 g/mol. The van der Waals surface area contributed by atoms with Gasteiger partial charge in [-0.2, -0.15) is 5.10 Å². The highest BCUT2D eigenvalue weighted by molar-refractivity contribution is 5.85. The van der Waals surface area contributed by atoms with Gasteiger partial charge in [0.15, 0.2) is 11.6 Å². The average molecular weight is 492 g/mol. The third-order valence-corrected chi connectivity index (χ3v) is 6.74. The molecule has 0 spiro atoms. The lowest BCUT2D eigenvalue weighted by Gasteiger charge is -2.28. The van der Waals surface area contributed by atoms with E-state index in [4.69, 9.17) is 9.47 Å². The van der Waals surface area contributed by atoms with E-state index >= 15 is 0 Å². The Morgan fingerprint density at radius 1 is 1.08 bits per heavy atom. The van der Waals surface area contributed by atoms with Gasteiger partial charge in [-0.15, -0.1) is 0 Å². The third-order valence-electron chi connectivity index (χ3n) is 6.74. The summed E-state index contributed by atoms with van der Waals surface area (Å²) in [6.45, 7) is 3.78. The van der Waals surface area contributed by atoms with Gasteiger partial charge in [-0.1, -0.05) is 13.0 Å². The van der Waals surface area contributed by atoms with Crippen molar-refractivity contribution in [2.24, 2.45) is 5.41 Å². The van der Waals surface area contributed by atoms with Crippen molar-refractivity contribution in [3.63, 3.8) is 0 Å². The first-order chi connectivity index (χ1) is 17.3. The van der Waals surface area contributed by atoms with Crippen molar-refractivity contribution in [3.8, 4) is 17.2 Å². The van der Waals surface area contributed by atoms with E-state index in [1.807, 2.05) is 26.0 Å². The molecule has 36 heavy (non-hydrogen) atoms. The van der Waals surface area contributed by atoms with Gasteiger partial charge >= 0.3 is 0 Å². The first-order valence-electron chi connectivity index (χ1n) is 11.8. The second-order valence-corrected chi connectivity index (χ2v) is 9.51. The van der Waals surface area contributed by atoms with Crippen LogP contribution in [0.3, 0.4) is 0 Å². The maximum absolute atomic E-state index is 14.6. The molecule has 1 aromatic heterocycles. The molecule has 1 N–H and O–H groups in total. The van der Waals surface area contributed by atoms with E-state index in [2.05, 4.69) is 10.4 Å². The Balaban J connectivity index is 1.45. The van der Waals surface area contributed by atoms with Crippen LogP contribution in [-0.2, 0) is 4.79 Å². The highest BCUT2D eigenvalue weighted by Gasteiger charge is 2.45. The molecule has 4 aromatic rings. The Hall–Kier alpha value is -3.94. The van der Waals surface area contributed by atoms with Gasteiger partial charge in [0.2, 0.25) is 5.91 Å². The van der Waals surface area contributed by atoms with E-state index in [1.54, 1.807) is 41.2 Å². The predicted molar refractivity (Wildman–Crippen MR) is 132 cm³/mol. The lowest BCUT2D eigenvalue weighted by molar-refractivity contribution is -0.127. The van der Waals surface area contributed by atoms with Crippen LogP contribution in [0, 0.1) is 17.0 Å². The summed E-state index contributed by atoms with van der Waals surface area (Å²) < 4.78 is 41.0. The van der Waals surface area contributed by atoms with Crippen LogP contribution >= 0.6 is 0 Å². The molecule has 1 fully saturated rings. The Kier molecular flexibility index (Phi) is 6.12. The fraction of sp³-hybridized carbons (Fsp3) is 0.286. The standard InChI is InChI=1S/C28H27F2N3O3/c1-17(32-27(34)28(2)12-13-28)26(18-4-11-25(35-3)23(30)15-18)36-22-9-10-24-19(14-22)16-31-33(24)21-7-5-20(29)6-8-21/h4-11,14-17,26H,12-13H2,1-3H3,(H,32,34)/t17-,26?/m0/s1. The summed E-state index contributed by atoms with van der Waals surface area (Å²) in [7, 11) is 1.41. The molecule has 1 aliphatic rings. The van der Waals surface area contributed by atoms with Gasteiger partial charge in [0.05, 0.1) is 30.6 Å². The van der Waals surface area contributed by atoms with Gasteiger partial charge in [0.25, 0.3) is 0 Å². The number of carbonyl (C=O) groups excluding carboxylic acids is 1. The van der Waals surface area contributed by atoms with Crippen molar-refractivity contribution in [3.05, 3.63) is 84.1 Å². The molecule has 2 atom stereocenters. The molecule has 1 unspecified atom stereocenters. The second-order valence-electron chi connectivity index (χ2n) is 9.51. The van der Waals surface area contributed by atoms with Crippen LogP contribution < -0.4 is 14.8 Å². The van der Waals surface area contributed by atoms with E-state index < -0.39 is 18.0 Å². The molecular weight excluding hydrogens is 464 g/mol. The lowest BCUT2D eigenvalue weighted by atomic mass is 10.0. The van der Waals surface area contributed by atoms with E-state index in [9.17, 15) is 13.6 Å². The number of ether oxygens (including phenoxy) is 2. The minimum Gasteiger partial charge on any atom is -0.494 e. The number of hydrogen-bond acceptors (Lipinski definition) is 4. The first kappa shape index (κ1) is 23.8. The average Bonchev–Trinajstić information content (AvgIpc) is 3.49. The summed E-state index contributed by atoms with van der Waals surface area (Å²) in [5, 5.41) is 8.30. The molecule has 0 radical (unpaired) electrons. The van der Waals surface area contributed by atoms with Crippen LogP contribution in [0.4, 0.5) is 8.78 Å². The van der Waals surface area contributed by atoms with Gasteiger partial charge in [0, 0.05) is 10.8 Å². The number of amides is 1. The third kappa shape index (κ3) is 4.63. The minimum atomic E-state index is -0.652. The fourth-order valence-corrected chi connectivity index (χ4v) is 4.21. The quantitative estimate of drug-likeness (QED) is 0.342. The van der Waals surface area contributed by atoms with E-state index in [-0.39, 0.29) is 22.9 Å². The molecule has 3 aromatic carbocycles. The Morgan fingerprint density at radius 2 is 1.83 bits per heavy atom. The maximum Gasteiger partial charge on any atom is 0.226 e. The van der Waals surface area contributed by atoms with Gasteiger partial charge in [-0.25, -0.2) is 13.5 Å². The van der Waals surface area contributed by atoms with E-state index in [0.717, 1.165) is 29.4 Å². The SMILES string of the molecule is COc1ccc(C(Oc2ccc3c(cnn3-c3ccc(F)cc3)c2)[C@H](C)NC(=O)C2(C)CC2)cc1F. The van der Waals surface area contributed by atoms with Gasteiger partial charge in [-0.05, 0) is 79.9 Å². The highest BCUT2D eigenvalue weighted by atomic mass is 19.1. The number of aromatic nitrogens is 2. The molecule has 5 rings (SSSR count). The second kappa shape index (κ2) is 9.26. The summed E-state index contributed by atoms with van der Waals surface area (Å²) in [4.78, 5) is 12.7. The molecule has 0 bridgehead atoms. The number of halogens is 2. The highest BCUT2D eigenvalue weighted by Crippen LogP contribution is 2.45. The summed E-state index contributed by atoms with van der Waals surface area (Å²) in [5.74, 6) is -0.180. The van der Waals surface area contributed by atoms with Crippen LogP contribution in [0.1, 0.15) is 38.4 Å². The Labute approximate surface area is 207 Å². The zero-order valence-electron chi connectivity index (χ0n) is 20.3. The largest absolute Gasteiger partial charge is 0.494 e. The van der Waals surface area contributed by atoms with Gasteiger partial charge < -0.3 is 14.8 Å². The topological polar surface area (TPSA) is 65.4 Å². The molecule has 1 aliphatic carbocycles. The van der Waals surface area contributed by atoms with Crippen LogP contribution in [0.2, 0.25) is 0 Å². The molecule has 6 nitrogen and oxygen atoms in total. The van der Waals surface area contributed by atoms with Crippen LogP contribution in [0.15, 0.2) is 66.9 Å². The number of nitrogens with one attached hydrogen (secondary N) is 1. The number of nitrogens with zero attached hydrogens (tertiary/aromatic N) is 2. The predicted octanol–water partition coefficient (Wildman–Crippen LogP) is 5.74. The zero-order valence-corrected chi connectivity index (χ0v) is 20.3. The molecule has 8 heteroatoms. The smallest absolute Gasteiger partial charge is 0.226 e. The number of hydrogen-bond donors (Lipinski definition) is 1. The number of rotatable bonds is 8. The van der Waals surface area contributed by atoms with Crippen LogP contribution in [-0.4, -0.2) is 28.8 Å².